The molecule has 0 spiro atoms. The Bertz CT molecular complexity index is 501. The average molecular weight is 264 g/mol. The molecule has 2 N–H and O–H groups in total. The molecule has 0 bridgehead atoms. The van der Waals surface area contributed by atoms with Gasteiger partial charge in [-0.3, -0.25) is 4.79 Å². The second kappa shape index (κ2) is 6.78. The highest BCUT2D eigenvalue weighted by Crippen LogP contribution is 2.20. The maximum atomic E-state index is 11.7. The van der Waals surface area contributed by atoms with Gasteiger partial charge in [0.2, 0.25) is 5.91 Å². The van der Waals surface area contributed by atoms with E-state index in [-0.39, 0.29) is 11.9 Å². The largest absolute Gasteiger partial charge is 0.461 e. The van der Waals surface area contributed by atoms with E-state index in [0.29, 0.717) is 18.8 Å². The highest BCUT2D eigenvalue weighted by Gasteiger charge is 2.16. The number of carbonyl (C=O) groups is 2. The van der Waals surface area contributed by atoms with Crippen molar-refractivity contribution in [3.63, 3.8) is 0 Å². The minimum Gasteiger partial charge on any atom is -0.461 e. The molecule has 0 fully saturated rings. The Morgan fingerprint density at radius 1 is 1.37 bits per heavy atom. The maximum Gasteiger partial charge on any atom is 0.355 e. The molecule has 5 heteroatoms. The zero-order valence-electron chi connectivity index (χ0n) is 11.8. The Kier molecular flexibility index (Phi) is 5.36. The van der Waals surface area contributed by atoms with Gasteiger partial charge in [-0.2, -0.15) is 0 Å². The number of aryl methyl sites for hydroxylation is 1. The van der Waals surface area contributed by atoms with Gasteiger partial charge in [0.05, 0.1) is 6.61 Å². The number of hydrogen-bond acceptors (Lipinski definition) is 3. The Hall–Kier alpha value is -2.04. The van der Waals surface area contributed by atoms with Crippen molar-refractivity contribution in [1.29, 1.82) is 0 Å². The third-order valence-electron chi connectivity index (χ3n) is 2.73. The fourth-order valence-electron chi connectivity index (χ4n) is 1.80. The SMILES string of the molecule is CCOC(=O)c1[nH]c(C)c(C=CCNC(C)=O)c1C. The first-order valence-corrected chi connectivity index (χ1v) is 6.24. The van der Waals surface area contributed by atoms with Crippen LogP contribution in [0.5, 0.6) is 0 Å². The molecule has 0 unspecified atom stereocenters. The lowest BCUT2D eigenvalue weighted by atomic mass is 10.1. The molecule has 0 saturated carbocycles. The van der Waals surface area contributed by atoms with E-state index in [1.807, 2.05) is 26.0 Å². The molecule has 0 aliphatic heterocycles. The molecule has 0 atom stereocenters. The number of carbonyl (C=O) groups excluding carboxylic acids is 2. The molecule has 0 saturated heterocycles. The van der Waals surface area contributed by atoms with Crippen LogP contribution in [-0.4, -0.2) is 30.0 Å². The highest BCUT2D eigenvalue weighted by atomic mass is 16.5. The van der Waals surface area contributed by atoms with Crippen molar-refractivity contribution in [3.8, 4) is 0 Å². The van der Waals surface area contributed by atoms with E-state index >= 15 is 0 Å². The van der Waals surface area contributed by atoms with E-state index in [9.17, 15) is 9.59 Å². The van der Waals surface area contributed by atoms with E-state index in [4.69, 9.17) is 4.74 Å². The second-order valence-corrected chi connectivity index (χ2v) is 4.22. The maximum absolute atomic E-state index is 11.7. The van der Waals surface area contributed by atoms with Gasteiger partial charge in [0.15, 0.2) is 0 Å². The van der Waals surface area contributed by atoms with Gasteiger partial charge in [-0.05, 0) is 31.9 Å². The molecule has 104 valence electrons. The lowest BCUT2D eigenvalue weighted by molar-refractivity contribution is -0.118. The van der Waals surface area contributed by atoms with E-state index in [2.05, 4.69) is 10.3 Å². The molecule has 0 aliphatic rings. The number of H-pyrrole nitrogens is 1. The predicted octanol–water partition coefficient (Wildman–Crippen LogP) is 1.96. The van der Waals surface area contributed by atoms with Crippen LogP contribution in [0.25, 0.3) is 6.08 Å². The van der Waals surface area contributed by atoms with Crippen LogP contribution < -0.4 is 5.32 Å². The van der Waals surface area contributed by atoms with Crippen LogP contribution >= 0.6 is 0 Å². The zero-order chi connectivity index (χ0) is 14.4. The fourth-order valence-corrected chi connectivity index (χ4v) is 1.80. The number of hydrogen-bond donors (Lipinski definition) is 2. The van der Waals surface area contributed by atoms with Gasteiger partial charge in [-0.25, -0.2) is 4.79 Å². The molecular formula is C14H20N2O3. The molecule has 19 heavy (non-hydrogen) atoms. The van der Waals surface area contributed by atoms with Crippen molar-refractivity contribution in [1.82, 2.24) is 10.3 Å². The van der Waals surface area contributed by atoms with E-state index in [1.54, 1.807) is 6.92 Å². The first-order chi connectivity index (χ1) is 8.97. The molecule has 0 radical (unpaired) electrons. The van der Waals surface area contributed by atoms with Crippen molar-refractivity contribution < 1.29 is 14.3 Å². The van der Waals surface area contributed by atoms with E-state index < -0.39 is 0 Å². The summed E-state index contributed by atoms with van der Waals surface area (Å²) < 4.78 is 4.98. The summed E-state index contributed by atoms with van der Waals surface area (Å²) in [6, 6.07) is 0. The molecular weight excluding hydrogens is 244 g/mol. The van der Waals surface area contributed by atoms with Gasteiger partial charge < -0.3 is 15.0 Å². The van der Waals surface area contributed by atoms with Gasteiger partial charge in [-0.15, -0.1) is 0 Å². The summed E-state index contributed by atoms with van der Waals surface area (Å²) in [5, 5.41) is 2.68. The topological polar surface area (TPSA) is 71.2 Å². The van der Waals surface area contributed by atoms with Gasteiger partial charge in [-0.1, -0.05) is 12.2 Å². The molecule has 5 nitrogen and oxygen atoms in total. The Labute approximate surface area is 113 Å². The lowest BCUT2D eigenvalue weighted by Crippen LogP contribution is -2.19. The van der Waals surface area contributed by atoms with Crippen LogP contribution in [0, 0.1) is 13.8 Å². The van der Waals surface area contributed by atoms with Crippen molar-refractivity contribution in [3.05, 3.63) is 28.6 Å². The summed E-state index contributed by atoms with van der Waals surface area (Å²) in [4.78, 5) is 25.5. The van der Waals surface area contributed by atoms with Crippen LogP contribution in [0.15, 0.2) is 6.08 Å². The van der Waals surface area contributed by atoms with Crippen molar-refractivity contribution >= 4 is 18.0 Å². The van der Waals surface area contributed by atoms with Crippen LogP contribution in [0.1, 0.15) is 41.2 Å². The predicted molar refractivity (Wildman–Crippen MR) is 73.9 cm³/mol. The Morgan fingerprint density at radius 3 is 2.63 bits per heavy atom. The average Bonchev–Trinajstić information content (AvgIpc) is 2.61. The van der Waals surface area contributed by atoms with Crippen LogP contribution in [0.2, 0.25) is 0 Å². The molecule has 0 aliphatic carbocycles. The second-order valence-electron chi connectivity index (χ2n) is 4.22. The number of ether oxygens (including phenoxy) is 1. The van der Waals surface area contributed by atoms with Crippen molar-refractivity contribution in [2.24, 2.45) is 0 Å². The first-order valence-electron chi connectivity index (χ1n) is 6.24. The normalized spacial score (nSPS) is 10.7. The monoisotopic (exact) mass is 264 g/mol. The number of rotatable bonds is 5. The fraction of sp³-hybridized carbons (Fsp3) is 0.429. The molecule has 1 rings (SSSR count). The number of amides is 1. The highest BCUT2D eigenvalue weighted by molar-refractivity contribution is 5.90. The van der Waals surface area contributed by atoms with Crippen molar-refractivity contribution in [2.75, 3.05) is 13.2 Å². The summed E-state index contributed by atoms with van der Waals surface area (Å²) >= 11 is 0. The zero-order valence-corrected chi connectivity index (χ0v) is 11.8. The number of esters is 1. The number of nitrogens with one attached hydrogen (secondary N) is 2. The third kappa shape index (κ3) is 3.98. The summed E-state index contributed by atoms with van der Waals surface area (Å²) in [6.45, 7) is 7.83. The van der Waals surface area contributed by atoms with Gasteiger partial charge in [0.25, 0.3) is 0 Å². The van der Waals surface area contributed by atoms with Crippen molar-refractivity contribution in [2.45, 2.75) is 27.7 Å². The number of aromatic nitrogens is 1. The summed E-state index contributed by atoms with van der Waals surface area (Å²) in [5.41, 5.74) is 3.20. The summed E-state index contributed by atoms with van der Waals surface area (Å²) in [7, 11) is 0. The minimum atomic E-state index is -0.343. The molecule has 1 aromatic heterocycles. The number of aromatic amines is 1. The Morgan fingerprint density at radius 2 is 2.05 bits per heavy atom. The van der Waals surface area contributed by atoms with Gasteiger partial charge >= 0.3 is 5.97 Å². The quantitative estimate of drug-likeness (QED) is 0.799. The van der Waals surface area contributed by atoms with E-state index in [1.165, 1.54) is 6.92 Å². The molecule has 1 amide bonds. The smallest absolute Gasteiger partial charge is 0.355 e. The Balaban J connectivity index is 2.85. The molecule has 0 aromatic carbocycles. The van der Waals surface area contributed by atoms with Gasteiger partial charge in [0, 0.05) is 19.2 Å². The third-order valence-corrected chi connectivity index (χ3v) is 2.73. The molecule has 1 heterocycles. The van der Waals surface area contributed by atoms with Gasteiger partial charge in [0.1, 0.15) is 5.69 Å². The van der Waals surface area contributed by atoms with Crippen LogP contribution in [-0.2, 0) is 9.53 Å². The lowest BCUT2D eigenvalue weighted by Gasteiger charge is -2.00. The van der Waals surface area contributed by atoms with Crippen LogP contribution in [0.4, 0.5) is 0 Å². The van der Waals surface area contributed by atoms with Crippen LogP contribution in [0.3, 0.4) is 0 Å². The first kappa shape index (κ1) is 15.0. The van der Waals surface area contributed by atoms with E-state index in [0.717, 1.165) is 16.8 Å². The molecule has 1 aromatic rings. The minimum absolute atomic E-state index is 0.0700. The standard InChI is InChI=1S/C14H20N2O3/c1-5-19-14(18)13-9(2)12(10(3)16-13)7-6-8-15-11(4)17/h6-7,16H,5,8H2,1-4H3,(H,15,17). The summed E-state index contributed by atoms with van der Waals surface area (Å²) in [6.07, 6.45) is 3.74. The summed E-state index contributed by atoms with van der Waals surface area (Å²) in [5.74, 6) is -0.413.